The standard InChI is InChI=1S/C19H19FN4O/c20-16-5-2-1-4-14(16)12-18(25)23-10-7-15(8-11-23)24-13-22-17-6-3-9-21-19(17)24/h1-6,9,13,15H,7-8,10-12H2. The summed E-state index contributed by atoms with van der Waals surface area (Å²) in [6, 6.07) is 10.6. The monoisotopic (exact) mass is 338 g/mol. The van der Waals surface area contributed by atoms with Crippen LogP contribution in [0.1, 0.15) is 24.4 Å². The summed E-state index contributed by atoms with van der Waals surface area (Å²) in [5.41, 5.74) is 2.23. The fourth-order valence-corrected chi connectivity index (χ4v) is 3.44. The SMILES string of the molecule is O=C(Cc1ccccc1F)N1CCC(n2cnc3cccnc32)CC1. The average molecular weight is 338 g/mol. The van der Waals surface area contributed by atoms with Gasteiger partial charge in [-0.3, -0.25) is 4.79 Å². The lowest BCUT2D eigenvalue weighted by atomic mass is 10.0. The first-order valence-electron chi connectivity index (χ1n) is 8.51. The molecule has 1 aliphatic rings. The van der Waals surface area contributed by atoms with Gasteiger partial charge in [0.25, 0.3) is 0 Å². The van der Waals surface area contributed by atoms with Crippen LogP contribution in [0.3, 0.4) is 0 Å². The van der Waals surface area contributed by atoms with E-state index in [1.165, 1.54) is 6.07 Å². The molecule has 1 saturated heterocycles. The maximum absolute atomic E-state index is 13.7. The summed E-state index contributed by atoms with van der Waals surface area (Å²) >= 11 is 0. The predicted octanol–water partition coefficient (Wildman–Crippen LogP) is 2.98. The number of rotatable bonds is 3. The van der Waals surface area contributed by atoms with E-state index in [0.29, 0.717) is 18.7 Å². The minimum atomic E-state index is -0.318. The van der Waals surface area contributed by atoms with Gasteiger partial charge in [-0.25, -0.2) is 14.4 Å². The summed E-state index contributed by atoms with van der Waals surface area (Å²) in [5.74, 6) is -0.334. The van der Waals surface area contributed by atoms with Gasteiger partial charge in [-0.1, -0.05) is 18.2 Å². The third-order valence-electron chi connectivity index (χ3n) is 4.84. The van der Waals surface area contributed by atoms with Gasteiger partial charge in [-0.05, 0) is 36.6 Å². The van der Waals surface area contributed by atoms with Crippen molar-refractivity contribution >= 4 is 17.1 Å². The number of pyridine rings is 1. The maximum Gasteiger partial charge on any atom is 0.227 e. The number of carbonyl (C=O) groups is 1. The highest BCUT2D eigenvalue weighted by molar-refractivity contribution is 5.79. The molecular formula is C19H19FN4O. The Kier molecular flexibility index (Phi) is 4.17. The number of hydrogen-bond donors (Lipinski definition) is 0. The fraction of sp³-hybridized carbons (Fsp3) is 0.316. The van der Waals surface area contributed by atoms with Crippen molar-refractivity contribution in [3.8, 4) is 0 Å². The molecule has 1 fully saturated rings. The quantitative estimate of drug-likeness (QED) is 0.738. The minimum Gasteiger partial charge on any atom is -0.342 e. The molecule has 0 radical (unpaired) electrons. The number of nitrogens with zero attached hydrogens (tertiary/aromatic N) is 4. The van der Waals surface area contributed by atoms with Gasteiger partial charge in [-0.15, -0.1) is 0 Å². The molecule has 0 spiro atoms. The molecule has 1 aliphatic heterocycles. The molecule has 4 rings (SSSR count). The maximum atomic E-state index is 13.7. The first-order valence-corrected chi connectivity index (χ1v) is 8.51. The van der Waals surface area contributed by atoms with Crippen LogP contribution in [0.2, 0.25) is 0 Å². The normalized spacial score (nSPS) is 15.6. The van der Waals surface area contributed by atoms with Crippen molar-refractivity contribution in [1.29, 1.82) is 0 Å². The lowest BCUT2D eigenvalue weighted by Crippen LogP contribution is -2.39. The number of amides is 1. The highest BCUT2D eigenvalue weighted by Crippen LogP contribution is 2.26. The lowest BCUT2D eigenvalue weighted by molar-refractivity contribution is -0.131. The van der Waals surface area contributed by atoms with E-state index in [9.17, 15) is 9.18 Å². The topological polar surface area (TPSA) is 51.0 Å². The minimum absolute atomic E-state index is 0.0165. The summed E-state index contributed by atoms with van der Waals surface area (Å²) in [5, 5.41) is 0. The second kappa shape index (κ2) is 6.63. The van der Waals surface area contributed by atoms with Crippen LogP contribution in [0.4, 0.5) is 4.39 Å². The Morgan fingerprint density at radius 1 is 1.12 bits per heavy atom. The number of benzene rings is 1. The summed E-state index contributed by atoms with van der Waals surface area (Å²) < 4.78 is 15.8. The molecule has 1 amide bonds. The lowest BCUT2D eigenvalue weighted by Gasteiger charge is -2.32. The van der Waals surface area contributed by atoms with E-state index in [1.807, 2.05) is 23.4 Å². The van der Waals surface area contributed by atoms with Crippen molar-refractivity contribution < 1.29 is 9.18 Å². The van der Waals surface area contributed by atoms with Gasteiger partial charge in [0.2, 0.25) is 5.91 Å². The molecule has 2 aromatic heterocycles. The molecule has 0 N–H and O–H groups in total. The molecule has 0 atom stereocenters. The van der Waals surface area contributed by atoms with Gasteiger partial charge in [0, 0.05) is 25.3 Å². The van der Waals surface area contributed by atoms with Crippen molar-refractivity contribution in [2.45, 2.75) is 25.3 Å². The van der Waals surface area contributed by atoms with Crippen molar-refractivity contribution in [3.63, 3.8) is 0 Å². The Hall–Kier alpha value is -2.76. The van der Waals surface area contributed by atoms with E-state index < -0.39 is 0 Å². The molecule has 0 unspecified atom stereocenters. The Morgan fingerprint density at radius 3 is 2.72 bits per heavy atom. The molecule has 5 nitrogen and oxygen atoms in total. The molecule has 0 bridgehead atoms. The highest BCUT2D eigenvalue weighted by Gasteiger charge is 2.25. The summed E-state index contributed by atoms with van der Waals surface area (Å²) in [6.45, 7) is 1.34. The van der Waals surface area contributed by atoms with E-state index in [0.717, 1.165) is 24.0 Å². The van der Waals surface area contributed by atoms with Crippen LogP contribution >= 0.6 is 0 Å². The van der Waals surface area contributed by atoms with Gasteiger partial charge in [0.05, 0.1) is 12.7 Å². The van der Waals surface area contributed by atoms with Crippen LogP contribution in [-0.2, 0) is 11.2 Å². The van der Waals surface area contributed by atoms with E-state index >= 15 is 0 Å². The van der Waals surface area contributed by atoms with Crippen LogP contribution in [-0.4, -0.2) is 38.4 Å². The van der Waals surface area contributed by atoms with Gasteiger partial charge in [0.1, 0.15) is 11.3 Å². The van der Waals surface area contributed by atoms with E-state index in [2.05, 4.69) is 14.5 Å². The van der Waals surface area contributed by atoms with Gasteiger partial charge in [0.15, 0.2) is 5.65 Å². The third-order valence-corrected chi connectivity index (χ3v) is 4.84. The van der Waals surface area contributed by atoms with Gasteiger partial charge in [-0.2, -0.15) is 0 Å². The van der Waals surface area contributed by atoms with Crippen molar-refractivity contribution in [2.24, 2.45) is 0 Å². The van der Waals surface area contributed by atoms with Crippen LogP contribution < -0.4 is 0 Å². The smallest absolute Gasteiger partial charge is 0.227 e. The van der Waals surface area contributed by atoms with Crippen molar-refractivity contribution in [2.75, 3.05) is 13.1 Å². The second-order valence-corrected chi connectivity index (χ2v) is 6.38. The Bertz CT molecular complexity index is 899. The molecule has 1 aromatic carbocycles. The van der Waals surface area contributed by atoms with Gasteiger partial charge >= 0.3 is 0 Å². The van der Waals surface area contributed by atoms with Crippen molar-refractivity contribution in [3.05, 3.63) is 60.3 Å². The number of imidazole rings is 1. The third kappa shape index (κ3) is 3.12. The highest BCUT2D eigenvalue weighted by atomic mass is 19.1. The Morgan fingerprint density at radius 2 is 1.92 bits per heavy atom. The number of halogens is 1. The number of hydrogen-bond acceptors (Lipinski definition) is 3. The van der Waals surface area contributed by atoms with Gasteiger partial charge < -0.3 is 9.47 Å². The molecule has 128 valence electrons. The van der Waals surface area contributed by atoms with Crippen LogP contribution in [0.25, 0.3) is 11.2 Å². The molecule has 25 heavy (non-hydrogen) atoms. The number of carbonyl (C=O) groups excluding carboxylic acids is 1. The first-order chi connectivity index (χ1) is 12.2. The van der Waals surface area contributed by atoms with Crippen LogP contribution in [0.5, 0.6) is 0 Å². The molecule has 0 saturated carbocycles. The first kappa shape index (κ1) is 15.7. The summed E-state index contributed by atoms with van der Waals surface area (Å²) in [6.07, 6.45) is 5.43. The van der Waals surface area contributed by atoms with E-state index in [-0.39, 0.29) is 24.2 Å². The van der Waals surface area contributed by atoms with E-state index in [4.69, 9.17) is 0 Å². The molecular weight excluding hydrogens is 319 g/mol. The number of likely N-dealkylation sites (tertiary alicyclic amines) is 1. The summed E-state index contributed by atoms with van der Waals surface area (Å²) in [4.78, 5) is 23.1. The number of aromatic nitrogens is 3. The molecule has 0 aliphatic carbocycles. The molecule has 3 heterocycles. The Labute approximate surface area is 145 Å². The summed E-state index contributed by atoms with van der Waals surface area (Å²) in [7, 11) is 0. The number of fused-ring (bicyclic) bond motifs is 1. The Balaban J connectivity index is 1.41. The van der Waals surface area contributed by atoms with Crippen molar-refractivity contribution in [1.82, 2.24) is 19.4 Å². The molecule has 3 aromatic rings. The van der Waals surface area contributed by atoms with Crippen LogP contribution in [0, 0.1) is 5.82 Å². The van der Waals surface area contributed by atoms with E-state index in [1.54, 1.807) is 24.4 Å². The largest absolute Gasteiger partial charge is 0.342 e. The van der Waals surface area contributed by atoms with Crippen LogP contribution in [0.15, 0.2) is 48.9 Å². The fourth-order valence-electron chi connectivity index (χ4n) is 3.44. The predicted molar refractivity (Wildman–Crippen MR) is 92.5 cm³/mol. The second-order valence-electron chi connectivity index (χ2n) is 6.38. The zero-order valence-electron chi connectivity index (χ0n) is 13.8. The zero-order valence-corrected chi connectivity index (χ0v) is 13.8. The average Bonchev–Trinajstić information content (AvgIpc) is 3.08. The number of piperidine rings is 1. The molecule has 6 heteroatoms. The zero-order chi connectivity index (χ0) is 17.2.